The number of nitrogens with two attached hydrogens (primary N) is 2. The van der Waals surface area contributed by atoms with Crippen molar-refractivity contribution < 1.29 is 0 Å². The molecule has 1 aromatic rings. The Morgan fingerprint density at radius 3 is 1.83 bits per heavy atom. The zero-order chi connectivity index (χ0) is 9.82. The number of nitrogens with zero attached hydrogens (tertiary/aromatic N) is 4. The minimum atomic E-state index is 1.25. The van der Waals surface area contributed by atoms with Crippen molar-refractivity contribution in [3.8, 4) is 12.4 Å². The highest BCUT2D eigenvalue weighted by Crippen LogP contribution is 1.73. The molecule has 64 valence electrons. The molecule has 0 aliphatic heterocycles. The fraction of sp³-hybridized carbons (Fsp3) is 0.167. The first-order chi connectivity index (χ1) is 5.72. The average molecular weight is 166 g/mol. The molecule has 1 aromatic heterocycles. The molecule has 0 aliphatic rings. The zero-order valence-corrected chi connectivity index (χ0v) is 6.68. The van der Waals surface area contributed by atoms with Gasteiger partial charge in [0.15, 0.2) is 12.4 Å². The summed E-state index contributed by atoms with van der Waals surface area (Å²) in [7, 11) is 1.94. The van der Waals surface area contributed by atoms with E-state index in [0.29, 0.717) is 0 Å². The first-order valence-corrected chi connectivity index (χ1v) is 2.84. The predicted molar refractivity (Wildman–Crippen MR) is 42.8 cm³/mol. The Kier molecular flexibility index (Phi) is 12.0. The third-order valence-corrected chi connectivity index (χ3v) is 0.637. The van der Waals surface area contributed by atoms with E-state index in [9.17, 15) is 0 Å². The fourth-order valence-corrected chi connectivity index (χ4v) is 0.326. The third kappa shape index (κ3) is 15.7. The molecule has 0 unspecified atom stereocenters. The summed E-state index contributed by atoms with van der Waals surface area (Å²) in [5.74, 6) is 0. The lowest BCUT2D eigenvalue weighted by Crippen LogP contribution is -1.76. The summed E-state index contributed by atoms with van der Waals surface area (Å²) < 4.78 is 1.89. The molecular formula is C6H10N6. The maximum Gasteiger partial charge on any atom is 0.173 e. The Labute approximate surface area is 70.6 Å². The molecular weight excluding hydrogens is 156 g/mol. The van der Waals surface area contributed by atoms with E-state index < -0.39 is 0 Å². The van der Waals surface area contributed by atoms with Crippen LogP contribution in [0.25, 0.3) is 0 Å². The van der Waals surface area contributed by atoms with Crippen LogP contribution in [0.4, 0.5) is 0 Å². The summed E-state index contributed by atoms with van der Waals surface area (Å²) in [6, 6.07) is 0. The number of aromatic nitrogens is 2. The van der Waals surface area contributed by atoms with Crippen LogP contribution in [0.1, 0.15) is 0 Å². The van der Waals surface area contributed by atoms with E-state index in [1.54, 1.807) is 12.5 Å². The second-order valence-corrected chi connectivity index (χ2v) is 1.49. The van der Waals surface area contributed by atoms with Gasteiger partial charge in [-0.25, -0.2) is 4.98 Å². The smallest absolute Gasteiger partial charge is 0.173 e. The van der Waals surface area contributed by atoms with E-state index in [4.69, 9.17) is 10.5 Å². The average Bonchev–Trinajstić information content (AvgIpc) is 2.43. The molecule has 0 aliphatic carbocycles. The van der Waals surface area contributed by atoms with E-state index in [0.717, 1.165) is 0 Å². The lowest BCUT2D eigenvalue weighted by atomic mass is 10.9. The van der Waals surface area contributed by atoms with Gasteiger partial charge in [-0.15, -0.1) is 0 Å². The maximum atomic E-state index is 7.10. The molecule has 0 spiro atoms. The van der Waals surface area contributed by atoms with Crippen molar-refractivity contribution in [2.75, 3.05) is 0 Å². The number of nitriles is 2. The normalized spacial score (nSPS) is 5.58. The standard InChI is InChI=1S/C4H6N2.2CH2N2/c1-6-3-2-5-4-6;2*2-1-3/h2-4H,1H3;2*2H2. The first kappa shape index (κ1) is 12.5. The van der Waals surface area contributed by atoms with Gasteiger partial charge in [-0.2, -0.15) is 10.5 Å². The van der Waals surface area contributed by atoms with Crippen LogP contribution >= 0.6 is 0 Å². The summed E-state index contributed by atoms with van der Waals surface area (Å²) >= 11 is 0. The van der Waals surface area contributed by atoms with Gasteiger partial charge in [-0.3, -0.25) is 0 Å². The van der Waals surface area contributed by atoms with Gasteiger partial charge in [-0.1, -0.05) is 0 Å². The Balaban J connectivity index is 0. The number of hydrogen-bond acceptors (Lipinski definition) is 5. The Hall–Kier alpha value is -2.21. The third-order valence-electron chi connectivity index (χ3n) is 0.637. The van der Waals surface area contributed by atoms with E-state index in [1.807, 2.05) is 17.8 Å². The molecule has 0 bridgehead atoms. The van der Waals surface area contributed by atoms with E-state index in [-0.39, 0.29) is 0 Å². The van der Waals surface area contributed by atoms with Gasteiger partial charge in [0.1, 0.15) is 0 Å². The molecule has 0 aromatic carbocycles. The molecule has 4 N–H and O–H groups in total. The molecule has 1 rings (SSSR count). The quantitative estimate of drug-likeness (QED) is 0.389. The van der Waals surface area contributed by atoms with Crippen molar-refractivity contribution in [1.82, 2.24) is 9.55 Å². The molecule has 0 atom stereocenters. The second kappa shape index (κ2) is 11.6. The zero-order valence-electron chi connectivity index (χ0n) is 6.68. The lowest BCUT2D eigenvalue weighted by Gasteiger charge is -1.76. The summed E-state index contributed by atoms with van der Waals surface area (Å²) in [5, 5.41) is 14.2. The molecule has 6 nitrogen and oxygen atoms in total. The van der Waals surface area contributed by atoms with Crippen LogP contribution < -0.4 is 11.5 Å². The summed E-state index contributed by atoms with van der Waals surface area (Å²) in [5.41, 5.74) is 8.31. The van der Waals surface area contributed by atoms with Crippen LogP contribution in [0.15, 0.2) is 18.7 Å². The minimum absolute atomic E-state index is 1.25. The number of hydrogen-bond donors (Lipinski definition) is 2. The van der Waals surface area contributed by atoms with Crippen molar-refractivity contribution in [2.45, 2.75) is 0 Å². The molecule has 12 heavy (non-hydrogen) atoms. The van der Waals surface area contributed by atoms with Gasteiger partial charge >= 0.3 is 0 Å². The van der Waals surface area contributed by atoms with Crippen LogP contribution in [-0.2, 0) is 7.05 Å². The first-order valence-electron chi connectivity index (χ1n) is 2.84. The van der Waals surface area contributed by atoms with E-state index in [1.165, 1.54) is 12.4 Å². The van der Waals surface area contributed by atoms with Gasteiger partial charge in [0, 0.05) is 19.4 Å². The molecule has 0 amide bonds. The van der Waals surface area contributed by atoms with Crippen molar-refractivity contribution in [2.24, 2.45) is 18.5 Å². The van der Waals surface area contributed by atoms with Gasteiger partial charge in [0.2, 0.25) is 0 Å². The van der Waals surface area contributed by atoms with Gasteiger partial charge in [0.05, 0.1) is 6.33 Å². The van der Waals surface area contributed by atoms with E-state index >= 15 is 0 Å². The lowest BCUT2D eigenvalue weighted by molar-refractivity contribution is 0.913. The molecule has 1 heterocycles. The highest BCUT2D eigenvalue weighted by molar-refractivity contribution is 4.70. The summed E-state index contributed by atoms with van der Waals surface area (Å²) in [4.78, 5) is 3.78. The topological polar surface area (TPSA) is 117 Å². The molecule has 0 saturated heterocycles. The van der Waals surface area contributed by atoms with Gasteiger partial charge in [-0.05, 0) is 0 Å². The van der Waals surface area contributed by atoms with Crippen LogP contribution in [-0.4, -0.2) is 9.55 Å². The maximum absolute atomic E-state index is 7.10. The second-order valence-electron chi connectivity index (χ2n) is 1.49. The SMILES string of the molecule is Cn1ccnc1.N#CN.N#CN. The monoisotopic (exact) mass is 166 g/mol. The van der Waals surface area contributed by atoms with Crippen LogP contribution in [0.3, 0.4) is 0 Å². The highest BCUT2D eigenvalue weighted by atomic mass is 15.0. The van der Waals surface area contributed by atoms with Crippen molar-refractivity contribution in [1.29, 1.82) is 10.5 Å². The molecule has 6 heteroatoms. The van der Waals surface area contributed by atoms with Crippen molar-refractivity contribution in [3.63, 3.8) is 0 Å². The number of rotatable bonds is 0. The largest absolute Gasteiger partial charge is 0.341 e. The van der Waals surface area contributed by atoms with Crippen LogP contribution in [0, 0.1) is 22.9 Å². The summed E-state index contributed by atoms with van der Waals surface area (Å²) in [6.45, 7) is 0. The Morgan fingerprint density at radius 1 is 1.33 bits per heavy atom. The highest BCUT2D eigenvalue weighted by Gasteiger charge is 1.69. The van der Waals surface area contributed by atoms with Gasteiger partial charge in [0.25, 0.3) is 0 Å². The van der Waals surface area contributed by atoms with Crippen molar-refractivity contribution in [3.05, 3.63) is 18.7 Å². The summed E-state index contributed by atoms with van der Waals surface area (Å²) in [6.07, 6.45) is 7.89. The van der Waals surface area contributed by atoms with Crippen LogP contribution in [0.2, 0.25) is 0 Å². The molecule has 0 saturated carbocycles. The number of imidazole rings is 1. The molecule has 0 radical (unpaired) electrons. The van der Waals surface area contributed by atoms with E-state index in [2.05, 4.69) is 16.5 Å². The Bertz CT molecular complexity index is 226. The molecule has 0 fully saturated rings. The predicted octanol–water partition coefficient (Wildman–Crippen LogP) is -0.728. The fourth-order valence-electron chi connectivity index (χ4n) is 0.326. The van der Waals surface area contributed by atoms with Crippen LogP contribution in [0.5, 0.6) is 0 Å². The Morgan fingerprint density at radius 2 is 1.75 bits per heavy atom. The number of aryl methyl sites for hydroxylation is 1. The van der Waals surface area contributed by atoms with Crippen molar-refractivity contribution >= 4 is 0 Å². The van der Waals surface area contributed by atoms with Gasteiger partial charge < -0.3 is 16.0 Å². The minimum Gasteiger partial charge on any atom is -0.341 e.